The van der Waals surface area contributed by atoms with E-state index in [0.29, 0.717) is 14.2 Å². The molecular weight excluding hydrogens is 269 g/mol. The molecule has 0 aliphatic carbocycles. The van der Waals surface area contributed by atoms with Crippen LogP contribution in [0.25, 0.3) is 0 Å². The van der Waals surface area contributed by atoms with Crippen molar-refractivity contribution in [2.24, 2.45) is 0 Å². The molecule has 1 rings (SSSR count). The zero-order chi connectivity index (χ0) is 12.5. The third-order valence-electron chi connectivity index (χ3n) is 2.38. The van der Waals surface area contributed by atoms with Gasteiger partial charge >= 0.3 is 0 Å². The Morgan fingerprint density at radius 2 is 2.12 bits per heavy atom. The predicted octanol–water partition coefficient (Wildman–Crippen LogP) is 2.94. The first kappa shape index (κ1) is 13.8. The first-order valence-corrected chi connectivity index (χ1v) is 6.26. The first-order chi connectivity index (χ1) is 7.24. The number of thiophene rings is 1. The van der Waals surface area contributed by atoms with Crippen molar-refractivity contribution in [3.05, 3.63) is 20.3 Å². The number of aliphatic hydroxyl groups excluding tert-OH is 1. The van der Waals surface area contributed by atoms with Gasteiger partial charge in [0.05, 0.1) is 21.5 Å². The third-order valence-corrected chi connectivity index (χ3v) is 3.87. The molecule has 1 aromatic heterocycles. The Morgan fingerprint density at radius 3 is 2.50 bits per heavy atom. The standard InChI is InChI=1S/C10H13Cl2NO2S/c1-5(14)10(2,3)13-9(15)6-4-7(11)16-8(6)12/h4-5,14H,1-3H3,(H,13,15). The maximum atomic E-state index is 11.8. The lowest BCUT2D eigenvalue weighted by atomic mass is 9.98. The molecule has 0 spiro atoms. The highest BCUT2D eigenvalue weighted by molar-refractivity contribution is 7.20. The van der Waals surface area contributed by atoms with E-state index >= 15 is 0 Å². The van der Waals surface area contributed by atoms with Gasteiger partial charge in [0.25, 0.3) is 5.91 Å². The molecule has 1 unspecified atom stereocenters. The maximum Gasteiger partial charge on any atom is 0.254 e. The van der Waals surface area contributed by atoms with E-state index in [-0.39, 0.29) is 5.91 Å². The SMILES string of the molecule is CC(O)C(C)(C)NC(=O)c1cc(Cl)sc1Cl. The van der Waals surface area contributed by atoms with Crippen molar-refractivity contribution >= 4 is 40.4 Å². The molecule has 0 aliphatic rings. The summed E-state index contributed by atoms with van der Waals surface area (Å²) in [6.45, 7) is 5.08. The monoisotopic (exact) mass is 281 g/mol. The Hall–Kier alpha value is -0.290. The van der Waals surface area contributed by atoms with Gasteiger partial charge in [-0.15, -0.1) is 11.3 Å². The third kappa shape index (κ3) is 3.10. The molecule has 3 nitrogen and oxygen atoms in total. The molecule has 0 saturated heterocycles. The summed E-state index contributed by atoms with van der Waals surface area (Å²) < 4.78 is 0.814. The molecular formula is C10H13Cl2NO2S. The Labute approximate surface area is 108 Å². The maximum absolute atomic E-state index is 11.8. The summed E-state index contributed by atoms with van der Waals surface area (Å²) in [6.07, 6.45) is -0.663. The second kappa shape index (κ2) is 4.92. The van der Waals surface area contributed by atoms with Gasteiger partial charge in [-0.05, 0) is 26.8 Å². The summed E-state index contributed by atoms with van der Waals surface area (Å²) in [7, 11) is 0. The lowest BCUT2D eigenvalue weighted by molar-refractivity contribution is 0.0710. The minimum Gasteiger partial charge on any atom is -0.391 e. The minimum absolute atomic E-state index is 0.334. The zero-order valence-corrected chi connectivity index (χ0v) is 11.5. The fourth-order valence-corrected chi connectivity index (χ4v) is 2.42. The molecule has 1 amide bonds. The van der Waals surface area contributed by atoms with Crippen LogP contribution in [0, 0.1) is 0 Å². The van der Waals surface area contributed by atoms with E-state index in [0.717, 1.165) is 11.3 Å². The van der Waals surface area contributed by atoms with Crippen LogP contribution in [0.15, 0.2) is 6.07 Å². The second-order valence-corrected chi connectivity index (χ2v) is 6.38. The van der Waals surface area contributed by atoms with Crippen LogP contribution in [-0.4, -0.2) is 22.7 Å². The molecule has 1 aromatic rings. The topological polar surface area (TPSA) is 49.3 Å². The van der Waals surface area contributed by atoms with Crippen molar-refractivity contribution < 1.29 is 9.90 Å². The van der Waals surface area contributed by atoms with Crippen LogP contribution in [-0.2, 0) is 0 Å². The van der Waals surface area contributed by atoms with Gasteiger partial charge < -0.3 is 10.4 Å². The van der Waals surface area contributed by atoms with Crippen LogP contribution in [0.3, 0.4) is 0 Å². The van der Waals surface area contributed by atoms with E-state index < -0.39 is 11.6 Å². The van der Waals surface area contributed by atoms with Gasteiger partial charge in [-0.3, -0.25) is 4.79 Å². The Bertz CT molecular complexity index is 402. The quantitative estimate of drug-likeness (QED) is 0.895. The van der Waals surface area contributed by atoms with E-state index in [1.807, 2.05) is 0 Å². The number of hydrogen-bond donors (Lipinski definition) is 2. The van der Waals surface area contributed by atoms with E-state index in [1.54, 1.807) is 20.8 Å². The van der Waals surface area contributed by atoms with Crippen molar-refractivity contribution in [1.82, 2.24) is 5.32 Å². The fourth-order valence-electron chi connectivity index (χ4n) is 0.959. The Balaban J connectivity index is 2.85. The van der Waals surface area contributed by atoms with E-state index in [2.05, 4.69) is 5.32 Å². The normalized spacial score (nSPS) is 13.6. The summed E-state index contributed by atoms with van der Waals surface area (Å²) in [4.78, 5) is 11.8. The number of carbonyl (C=O) groups is 1. The molecule has 90 valence electrons. The molecule has 1 heterocycles. The fraction of sp³-hybridized carbons (Fsp3) is 0.500. The van der Waals surface area contributed by atoms with Crippen molar-refractivity contribution in [3.8, 4) is 0 Å². The highest BCUT2D eigenvalue weighted by Crippen LogP contribution is 2.31. The predicted molar refractivity (Wildman–Crippen MR) is 67.6 cm³/mol. The lowest BCUT2D eigenvalue weighted by Crippen LogP contribution is -2.50. The number of aliphatic hydroxyl groups is 1. The van der Waals surface area contributed by atoms with E-state index in [4.69, 9.17) is 23.2 Å². The van der Waals surface area contributed by atoms with Crippen LogP contribution in [0.5, 0.6) is 0 Å². The number of rotatable bonds is 3. The van der Waals surface area contributed by atoms with Crippen molar-refractivity contribution in [2.75, 3.05) is 0 Å². The Morgan fingerprint density at radius 1 is 1.56 bits per heavy atom. The molecule has 16 heavy (non-hydrogen) atoms. The molecule has 0 aliphatic heterocycles. The molecule has 0 saturated carbocycles. The van der Waals surface area contributed by atoms with Crippen LogP contribution < -0.4 is 5.32 Å². The largest absolute Gasteiger partial charge is 0.391 e. The number of halogens is 2. The van der Waals surface area contributed by atoms with Crippen LogP contribution in [0.2, 0.25) is 8.67 Å². The highest BCUT2D eigenvalue weighted by atomic mass is 35.5. The van der Waals surface area contributed by atoms with Crippen molar-refractivity contribution in [2.45, 2.75) is 32.4 Å². The molecule has 1 atom stereocenters. The average Bonchev–Trinajstić information content (AvgIpc) is 2.44. The number of nitrogens with one attached hydrogen (secondary N) is 1. The van der Waals surface area contributed by atoms with Crippen molar-refractivity contribution in [1.29, 1.82) is 0 Å². The molecule has 0 aromatic carbocycles. The van der Waals surface area contributed by atoms with Gasteiger partial charge in [-0.25, -0.2) is 0 Å². The molecule has 0 radical (unpaired) electrons. The van der Waals surface area contributed by atoms with Gasteiger partial charge in [-0.2, -0.15) is 0 Å². The van der Waals surface area contributed by atoms with Gasteiger partial charge in [0, 0.05) is 0 Å². The van der Waals surface area contributed by atoms with E-state index in [9.17, 15) is 9.90 Å². The van der Waals surface area contributed by atoms with Gasteiger partial charge in [0.2, 0.25) is 0 Å². The van der Waals surface area contributed by atoms with Crippen LogP contribution >= 0.6 is 34.5 Å². The second-order valence-electron chi connectivity index (χ2n) is 4.09. The van der Waals surface area contributed by atoms with Gasteiger partial charge in [0.15, 0.2) is 0 Å². The first-order valence-electron chi connectivity index (χ1n) is 4.69. The highest BCUT2D eigenvalue weighted by Gasteiger charge is 2.27. The summed E-state index contributed by atoms with van der Waals surface area (Å²) in [5.41, 5.74) is -0.375. The molecule has 0 fully saturated rings. The van der Waals surface area contributed by atoms with Gasteiger partial charge in [-0.1, -0.05) is 23.2 Å². The number of hydrogen-bond acceptors (Lipinski definition) is 3. The van der Waals surface area contributed by atoms with E-state index in [1.165, 1.54) is 6.07 Å². The number of amides is 1. The molecule has 2 N–H and O–H groups in total. The summed E-state index contributed by atoms with van der Waals surface area (Å²) in [5.74, 6) is -0.334. The van der Waals surface area contributed by atoms with Crippen LogP contribution in [0.4, 0.5) is 0 Å². The average molecular weight is 282 g/mol. The summed E-state index contributed by atoms with van der Waals surface area (Å²) >= 11 is 12.7. The van der Waals surface area contributed by atoms with Gasteiger partial charge in [0.1, 0.15) is 4.34 Å². The summed E-state index contributed by atoms with van der Waals surface area (Å²) in [6, 6.07) is 1.52. The Kier molecular flexibility index (Phi) is 4.23. The summed E-state index contributed by atoms with van der Waals surface area (Å²) in [5, 5.41) is 12.2. The van der Waals surface area contributed by atoms with Crippen molar-refractivity contribution in [3.63, 3.8) is 0 Å². The lowest BCUT2D eigenvalue weighted by Gasteiger charge is -2.29. The molecule has 6 heteroatoms. The number of carbonyl (C=O) groups excluding carboxylic acids is 1. The smallest absolute Gasteiger partial charge is 0.254 e. The molecule has 0 bridgehead atoms. The van der Waals surface area contributed by atoms with Crippen LogP contribution in [0.1, 0.15) is 31.1 Å². The minimum atomic E-state index is -0.713. The zero-order valence-electron chi connectivity index (χ0n) is 9.17.